The van der Waals surface area contributed by atoms with Gasteiger partial charge in [-0.25, -0.2) is 0 Å². The van der Waals surface area contributed by atoms with Crippen LogP contribution in [-0.4, -0.2) is 26.0 Å². The Kier molecular flexibility index (Phi) is 4.97. The average molecular weight is 285 g/mol. The molecule has 0 aliphatic rings. The van der Waals surface area contributed by atoms with Gasteiger partial charge in [-0.3, -0.25) is 4.79 Å². The van der Waals surface area contributed by atoms with E-state index in [1.54, 1.807) is 17.9 Å². The fraction of sp³-hybridized carbons (Fsp3) is 0.385. The zero-order valence-corrected chi connectivity index (χ0v) is 11.1. The summed E-state index contributed by atoms with van der Waals surface area (Å²) in [6.07, 6.45) is -4.57. The molecule has 0 bridgehead atoms. The lowest BCUT2D eigenvalue weighted by Crippen LogP contribution is -2.35. The summed E-state index contributed by atoms with van der Waals surface area (Å²) in [7, 11) is 1.48. The smallest absolute Gasteiger partial charge is 0.362 e. The van der Waals surface area contributed by atoms with Crippen molar-refractivity contribution in [1.82, 2.24) is 5.32 Å². The van der Waals surface area contributed by atoms with E-state index in [9.17, 15) is 18.0 Å². The number of carbonyl (C=O) groups is 1. The monoisotopic (exact) mass is 285 g/mol. The van der Waals surface area contributed by atoms with Gasteiger partial charge in [-0.05, 0) is 25.1 Å². The third kappa shape index (κ3) is 3.63. The predicted octanol–water partition coefficient (Wildman–Crippen LogP) is 2.15. The molecule has 0 saturated heterocycles. The van der Waals surface area contributed by atoms with Gasteiger partial charge in [0, 0.05) is 19.3 Å². The Bertz CT molecular complexity index is 535. The molecule has 0 atom stereocenters. The van der Waals surface area contributed by atoms with Crippen molar-refractivity contribution in [2.45, 2.75) is 13.1 Å². The van der Waals surface area contributed by atoms with Crippen LogP contribution < -0.4 is 10.2 Å². The first kappa shape index (κ1) is 15.8. The minimum Gasteiger partial charge on any atom is -0.362 e. The molecule has 0 fully saturated rings. The molecule has 0 aliphatic heterocycles. The molecule has 1 N–H and O–H groups in total. The van der Waals surface area contributed by atoms with Crippen molar-refractivity contribution in [3.63, 3.8) is 0 Å². The largest absolute Gasteiger partial charge is 0.417 e. The van der Waals surface area contributed by atoms with Gasteiger partial charge in [-0.2, -0.15) is 18.4 Å². The number of hydrogen-bond acceptors (Lipinski definition) is 3. The minimum atomic E-state index is -4.57. The number of amides is 1. The van der Waals surface area contributed by atoms with Crippen molar-refractivity contribution in [1.29, 1.82) is 5.26 Å². The molecule has 0 unspecified atom stereocenters. The van der Waals surface area contributed by atoms with Crippen LogP contribution in [-0.2, 0) is 11.0 Å². The summed E-state index contributed by atoms with van der Waals surface area (Å²) >= 11 is 0. The SMILES string of the molecule is CCN(CC(=O)NC)c1ccc(C(F)(F)F)c(C#N)c1. The highest BCUT2D eigenvalue weighted by atomic mass is 19.4. The number of halogens is 3. The summed E-state index contributed by atoms with van der Waals surface area (Å²) in [4.78, 5) is 12.9. The molecule has 0 saturated carbocycles. The van der Waals surface area contributed by atoms with Crippen LogP contribution in [0.4, 0.5) is 18.9 Å². The zero-order valence-electron chi connectivity index (χ0n) is 11.1. The Morgan fingerprint density at radius 2 is 2.10 bits per heavy atom. The van der Waals surface area contributed by atoms with Crippen LogP contribution in [0.15, 0.2) is 18.2 Å². The lowest BCUT2D eigenvalue weighted by molar-refractivity contribution is -0.137. The second-order valence-electron chi connectivity index (χ2n) is 4.03. The standard InChI is InChI=1S/C13H14F3N3O/c1-3-19(8-12(20)18-2)10-4-5-11(13(14,15)16)9(6-10)7-17/h4-6H,3,8H2,1-2H3,(H,18,20). The molecule has 108 valence electrons. The minimum absolute atomic E-state index is 0.0171. The molecule has 1 aromatic rings. The molecule has 7 heteroatoms. The number of rotatable bonds is 4. The highest BCUT2D eigenvalue weighted by Gasteiger charge is 2.33. The van der Waals surface area contributed by atoms with Crippen LogP contribution in [0.3, 0.4) is 0 Å². The third-order valence-corrected chi connectivity index (χ3v) is 2.79. The summed E-state index contributed by atoms with van der Waals surface area (Å²) in [5, 5.41) is 11.3. The maximum absolute atomic E-state index is 12.7. The van der Waals surface area contributed by atoms with Gasteiger partial charge >= 0.3 is 6.18 Å². The van der Waals surface area contributed by atoms with E-state index in [2.05, 4.69) is 5.32 Å². The van der Waals surface area contributed by atoms with Gasteiger partial charge in [0.15, 0.2) is 0 Å². The lowest BCUT2D eigenvalue weighted by Gasteiger charge is -2.23. The van der Waals surface area contributed by atoms with Gasteiger partial charge in [-0.15, -0.1) is 0 Å². The van der Waals surface area contributed by atoms with Gasteiger partial charge in [0.2, 0.25) is 5.91 Å². The van der Waals surface area contributed by atoms with E-state index >= 15 is 0 Å². The molecular formula is C13H14F3N3O. The second-order valence-corrected chi connectivity index (χ2v) is 4.03. The van der Waals surface area contributed by atoms with Crippen LogP contribution >= 0.6 is 0 Å². The number of alkyl halides is 3. The van der Waals surface area contributed by atoms with E-state index in [-0.39, 0.29) is 12.5 Å². The molecule has 1 rings (SSSR count). The Morgan fingerprint density at radius 3 is 2.55 bits per heavy atom. The van der Waals surface area contributed by atoms with Crippen molar-refractivity contribution < 1.29 is 18.0 Å². The van der Waals surface area contributed by atoms with Crippen molar-refractivity contribution in [2.75, 3.05) is 25.0 Å². The van der Waals surface area contributed by atoms with E-state index in [1.165, 1.54) is 13.1 Å². The highest BCUT2D eigenvalue weighted by Crippen LogP contribution is 2.33. The van der Waals surface area contributed by atoms with E-state index < -0.39 is 17.3 Å². The van der Waals surface area contributed by atoms with Crippen molar-refractivity contribution in [2.24, 2.45) is 0 Å². The first-order valence-electron chi connectivity index (χ1n) is 5.90. The first-order valence-corrected chi connectivity index (χ1v) is 5.90. The molecule has 0 heterocycles. The molecular weight excluding hydrogens is 271 g/mol. The molecule has 20 heavy (non-hydrogen) atoms. The summed E-state index contributed by atoms with van der Waals surface area (Å²) in [6.45, 7) is 2.22. The molecule has 0 radical (unpaired) electrons. The molecule has 0 spiro atoms. The van der Waals surface area contributed by atoms with E-state index in [1.807, 2.05) is 0 Å². The van der Waals surface area contributed by atoms with Gasteiger partial charge in [0.25, 0.3) is 0 Å². The zero-order chi connectivity index (χ0) is 15.3. The van der Waals surface area contributed by atoms with Crippen LogP contribution in [0, 0.1) is 11.3 Å². The normalized spacial score (nSPS) is 10.8. The Labute approximate surface area is 114 Å². The summed E-state index contributed by atoms with van der Waals surface area (Å²) < 4.78 is 38.1. The molecule has 4 nitrogen and oxygen atoms in total. The van der Waals surface area contributed by atoms with Gasteiger partial charge in [0.05, 0.1) is 23.7 Å². The highest BCUT2D eigenvalue weighted by molar-refractivity contribution is 5.81. The van der Waals surface area contributed by atoms with Crippen molar-refractivity contribution in [3.05, 3.63) is 29.3 Å². The number of likely N-dealkylation sites (N-methyl/N-ethyl adjacent to an activating group) is 2. The Balaban J connectivity index is 3.15. The molecule has 1 aromatic carbocycles. The van der Waals surface area contributed by atoms with E-state index in [0.717, 1.165) is 12.1 Å². The van der Waals surface area contributed by atoms with Crippen LogP contribution in [0.1, 0.15) is 18.1 Å². The molecule has 0 aliphatic carbocycles. The van der Waals surface area contributed by atoms with Crippen molar-refractivity contribution >= 4 is 11.6 Å². The number of nitriles is 1. The fourth-order valence-electron chi connectivity index (χ4n) is 1.71. The lowest BCUT2D eigenvalue weighted by atomic mass is 10.1. The topological polar surface area (TPSA) is 56.1 Å². The van der Waals surface area contributed by atoms with Crippen LogP contribution in [0.5, 0.6) is 0 Å². The number of carbonyl (C=O) groups excluding carboxylic acids is 1. The molecule has 0 aromatic heterocycles. The summed E-state index contributed by atoms with van der Waals surface area (Å²) in [6, 6.07) is 4.81. The van der Waals surface area contributed by atoms with E-state index in [4.69, 9.17) is 5.26 Å². The number of nitrogens with one attached hydrogen (secondary N) is 1. The summed E-state index contributed by atoms with van der Waals surface area (Å²) in [5.74, 6) is -0.259. The fourth-order valence-corrected chi connectivity index (χ4v) is 1.71. The third-order valence-electron chi connectivity index (χ3n) is 2.79. The number of nitrogens with zero attached hydrogens (tertiary/aromatic N) is 2. The predicted molar refractivity (Wildman–Crippen MR) is 68.1 cm³/mol. The number of hydrogen-bond donors (Lipinski definition) is 1. The van der Waals surface area contributed by atoms with E-state index in [0.29, 0.717) is 12.2 Å². The van der Waals surface area contributed by atoms with Crippen molar-refractivity contribution in [3.8, 4) is 6.07 Å². The van der Waals surface area contributed by atoms with Crippen LogP contribution in [0.2, 0.25) is 0 Å². The average Bonchev–Trinajstić information content (AvgIpc) is 2.42. The molecule has 1 amide bonds. The summed E-state index contributed by atoms with van der Waals surface area (Å²) in [5.41, 5.74) is -1.02. The number of anilines is 1. The van der Waals surface area contributed by atoms with Gasteiger partial charge < -0.3 is 10.2 Å². The quantitative estimate of drug-likeness (QED) is 0.922. The Hall–Kier alpha value is -2.23. The maximum atomic E-state index is 12.7. The Morgan fingerprint density at radius 1 is 1.45 bits per heavy atom. The second kappa shape index (κ2) is 6.28. The van der Waals surface area contributed by atoms with Gasteiger partial charge in [0.1, 0.15) is 0 Å². The van der Waals surface area contributed by atoms with Crippen LogP contribution in [0.25, 0.3) is 0 Å². The number of benzene rings is 1. The first-order chi connectivity index (χ1) is 9.33. The maximum Gasteiger partial charge on any atom is 0.417 e. The van der Waals surface area contributed by atoms with Gasteiger partial charge in [-0.1, -0.05) is 0 Å².